The van der Waals surface area contributed by atoms with Crippen molar-refractivity contribution in [3.05, 3.63) is 65.7 Å². The summed E-state index contributed by atoms with van der Waals surface area (Å²) in [5.41, 5.74) is 2.35. The SMILES string of the molecule is C[C@@H](OC(=O)c1ccc(C(C)(C)C)cc1)C(=O)N(C)c1ccccc1. The molecule has 25 heavy (non-hydrogen) atoms. The van der Waals surface area contributed by atoms with Crippen molar-refractivity contribution >= 4 is 17.6 Å². The summed E-state index contributed by atoms with van der Waals surface area (Å²) in [7, 11) is 1.67. The van der Waals surface area contributed by atoms with Crippen LogP contribution in [0.1, 0.15) is 43.6 Å². The Morgan fingerprint density at radius 2 is 1.52 bits per heavy atom. The van der Waals surface area contributed by atoms with Crippen LogP contribution in [-0.4, -0.2) is 25.0 Å². The summed E-state index contributed by atoms with van der Waals surface area (Å²) in [4.78, 5) is 26.2. The first kappa shape index (κ1) is 18.7. The second-order valence-corrected chi connectivity index (χ2v) is 7.11. The lowest BCUT2D eigenvalue weighted by Gasteiger charge is -2.22. The number of anilines is 1. The molecule has 0 aliphatic rings. The molecule has 0 aliphatic heterocycles. The maximum atomic E-state index is 12.4. The second-order valence-electron chi connectivity index (χ2n) is 7.11. The van der Waals surface area contributed by atoms with Gasteiger partial charge in [-0.25, -0.2) is 4.79 Å². The van der Waals surface area contributed by atoms with Crippen molar-refractivity contribution in [1.82, 2.24) is 0 Å². The fourth-order valence-corrected chi connectivity index (χ4v) is 2.44. The molecule has 0 N–H and O–H groups in total. The smallest absolute Gasteiger partial charge is 0.338 e. The highest BCUT2D eigenvalue weighted by Gasteiger charge is 2.23. The summed E-state index contributed by atoms with van der Waals surface area (Å²) < 4.78 is 5.34. The standard InChI is InChI=1S/C21H25NO3/c1-15(19(23)22(5)18-9-7-6-8-10-18)25-20(24)16-11-13-17(14-12-16)21(2,3)4/h6-15H,1-5H3/t15-/m1/s1. The monoisotopic (exact) mass is 339 g/mol. The quantitative estimate of drug-likeness (QED) is 0.785. The van der Waals surface area contributed by atoms with Crippen molar-refractivity contribution < 1.29 is 14.3 Å². The summed E-state index contributed by atoms with van der Waals surface area (Å²) in [6.07, 6.45) is -0.861. The van der Waals surface area contributed by atoms with Gasteiger partial charge in [0.25, 0.3) is 5.91 Å². The highest BCUT2D eigenvalue weighted by molar-refractivity contribution is 5.98. The van der Waals surface area contributed by atoms with Crippen molar-refractivity contribution in [3.8, 4) is 0 Å². The first-order valence-corrected chi connectivity index (χ1v) is 8.34. The van der Waals surface area contributed by atoms with Crippen LogP contribution in [0, 0.1) is 0 Å². The molecule has 0 radical (unpaired) electrons. The van der Waals surface area contributed by atoms with Crippen LogP contribution in [0.3, 0.4) is 0 Å². The highest BCUT2D eigenvalue weighted by Crippen LogP contribution is 2.22. The van der Waals surface area contributed by atoms with Crippen LogP contribution < -0.4 is 4.90 Å². The summed E-state index contributed by atoms with van der Waals surface area (Å²) in [6.45, 7) is 7.92. The molecule has 2 aromatic rings. The van der Waals surface area contributed by atoms with Gasteiger partial charge in [0, 0.05) is 12.7 Å². The molecule has 1 atom stereocenters. The van der Waals surface area contributed by atoms with Gasteiger partial charge in [0.05, 0.1) is 5.56 Å². The number of hydrogen-bond acceptors (Lipinski definition) is 3. The number of nitrogens with zero attached hydrogens (tertiary/aromatic N) is 1. The van der Waals surface area contributed by atoms with E-state index in [0.717, 1.165) is 11.3 Å². The van der Waals surface area contributed by atoms with E-state index in [4.69, 9.17) is 4.74 Å². The fourth-order valence-electron chi connectivity index (χ4n) is 2.44. The van der Waals surface area contributed by atoms with Gasteiger partial charge in [0.1, 0.15) is 0 Å². The van der Waals surface area contributed by atoms with Crippen molar-refractivity contribution in [1.29, 1.82) is 0 Å². The molecule has 0 unspecified atom stereocenters. The molecule has 132 valence electrons. The average Bonchev–Trinajstić information content (AvgIpc) is 2.60. The number of carbonyl (C=O) groups excluding carboxylic acids is 2. The van der Waals surface area contributed by atoms with Gasteiger partial charge in [0.15, 0.2) is 6.10 Å². The summed E-state index contributed by atoms with van der Waals surface area (Å²) in [5.74, 6) is -0.770. The van der Waals surface area contributed by atoms with Gasteiger partial charge in [-0.2, -0.15) is 0 Å². The van der Waals surface area contributed by atoms with Crippen LogP contribution in [0.4, 0.5) is 5.69 Å². The third kappa shape index (κ3) is 4.69. The predicted molar refractivity (Wildman–Crippen MR) is 99.9 cm³/mol. The molecule has 2 aromatic carbocycles. The number of esters is 1. The second kappa shape index (κ2) is 7.51. The molecular formula is C21H25NO3. The molecule has 0 bridgehead atoms. The molecule has 2 rings (SSSR count). The normalized spacial score (nSPS) is 12.4. The van der Waals surface area contributed by atoms with Gasteiger partial charge >= 0.3 is 5.97 Å². The maximum Gasteiger partial charge on any atom is 0.338 e. The molecule has 0 saturated carbocycles. The van der Waals surface area contributed by atoms with Crippen molar-refractivity contribution in [2.24, 2.45) is 0 Å². The first-order chi connectivity index (χ1) is 11.7. The molecule has 4 heteroatoms. The van der Waals surface area contributed by atoms with Gasteiger partial charge in [0.2, 0.25) is 0 Å². The Morgan fingerprint density at radius 3 is 2.04 bits per heavy atom. The first-order valence-electron chi connectivity index (χ1n) is 8.34. The lowest BCUT2D eigenvalue weighted by molar-refractivity contribution is -0.126. The van der Waals surface area contributed by atoms with E-state index in [2.05, 4.69) is 20.8 Å². The lowest BCUT2D eigenvalue weighted by atomic mass is 9.87. The third-order valence-electron chi connectivity index (χ3n) is 4.09. The minimum Gasteiger partial charge on any atom is -0.449 e. The maximum absolute atomic E-state index is 12.4. The number of rotatable bonds is 4. The number of likely N-dealkylation sites (N-methyl/N-ethyl adjacent to an activating group) is 1. The Kier molecular flexibility index (Phi) is 5.62. The minimum atomic E-state index is -0.861. The number of amides is 1. The Bertz CT molecular complexity index is 730. The van der Waals surface area contributed by atoms with E-state index in [1.54, 1.807) is 26.1 Å². The topological polar surface area (TPSA) is 46.6 Å². The Morgan fingerprint density at radius 1 is 0.960 bits per heavy atom. The zero-order valence-corrected chi connectivity index (χ0v) is 15.4. The van der Waals surface area contributed by atoms with Crippen LogP contribution in [0.5, 0.6) is 0 Å². The molecule has 1 amide bonds. The molecular weight excluding hydrogens is 314 g/mol. The van der Waals surface area contributed by atoms with Crippen LogP contribution in [0.25, 0.3) is 0 Å². The van der Waals surface area contributed by atoms with Crippen molar-refractivity contribution in [2.45, 2.75) is 39.2 Å². The minimum absolute atomic E-state index is 0.0179. The Labute approximate surface area is 149 Å². The molecule has 0 aromatic heterocycles. The van der Waals surface area contributed by atoms with Gasteiger partial charge in [-0.1, -0.05) is 51.1 Å². The van der Waals surface area contributed by atoms with E-state index < -0.39 is 12.1 Å². The van der Waals surface area contributed by atoms with Gasteiger partial charge in [-0.15, -0.1) is 0 Å². The van der Waals surface area contributed by atoms with Crippen molar-refractivity contribution in [3.63, 3.8) is 0 Å². The lowest BCUT2D eigenvalue weighted by Crippen LogP contribution is -2.37. The van der Waals surface area contributed by atoms with Gasteiger partial charge in [-0.3, -0.25) is 4.79 Å². The van der Waals surface area contributed by atoms with E-state index in [1.165, 1.54) is 4.90 Å². The van der Waals surface area contributed by atoms with Crippen molar-refractivity contribution in [2.75, 3.05) is 11.9 Å². The molecule has 0 spiro atoms. The van der Waals surface area contributed by atoms with E-state index in [1.807, 2.05) is 42.5 Å². The average molecular weight is 339 g/mol. The predicted octanol–water partition coefficient (Wildman–Crippen LogP) is 4.19. The number of para-hydroxylation sites is 1. The Hall–Kier alpha value is -2.62. The zero-order chi connectivity index (χ0) is 18.6. The highest BCUT2D eigenvalue weighted by atomic mass is 16.5. The van der Waals surface area contributed by atoms with E-state index in [9.17, 15) is 9.59 Å². The van der Waals surface area contributed by atoms with Gasteiger partial charge in [-0.05, 0) is 42.2 Å². The molecule has 0 saturated heterocycles. The van der Waals surface area contributed by atoms with Gasteiger partial charge < -0.3 is 9.64 Å². The van der Waals surface area contributed by atoms with E-state index in [0.29, 0.717) is 5.56 Å². The summed E-state index contributed by atoms with van der Waals surface area (Å²) in [5, 5.41) is 0. The Balaban J connectivity index is 2.03. The van der Waals surface area contributed by atoms with E-state index >= 15 is 0 Å². The number of ether oxygens (including phenoxy) is 1. The largest absolute Gasteiger partial charge is 0.449 e. The summed E-state index contributed by atoms with van der Waals surface area (Å²) in [6, 6.07) is 16.6. The van der Waals surface area contributed by atoms with Crippen LogP contribution in [-0.2, 0) is 14.9 Å². The third-order valence-corrected chi connectivity index (χ3v) is 4.09. The zero-order valence-electron chi connectivity index (χ0n) is 15.4. The number of carbonyl (C=O) groups is 2. The molecule has 4 nitrogen and oxygen atoms in total. The molecule has 0 heterocycles. The van der Waals surface area contributed by atoms with E-state index in [-0.39, 0.29) is 11.3 Å². The molecule has 0 aliphatic carbocycles. The van der Waals surface area contributed by atoms with Crippen LogP contribution >= 0.6 is 0 Å². The molecule has 0 fully saturated rings. The summed E-state index contributed by atoms with van der Waals surface area (Å²) >= 11 is 0. The fraction of sp³-hybridized carbons (Fsp3) is 0.333. The number of benzene rings is 2. The van der Waals surface area contributed by atoms with Crippen LogP contribution in [0.2, 0.25) is 0 Å². The number of hydrogen-bond donors (Lipinski definition) is 0. The van der Waals surface area contributed by atoms with Crippen LogP contribution in [0.15, 0.2) is 54.6 Å².